The zero-order chi connectivity index (χ0) is 17.1. The molecule has 2 aliphatic rings. The van der Waals surface area contributed by atoms with Crippen LogP contribution in [0.2, 0.25) is 0 Å². The van der Waals surface area contributed by atoms with Gasteiger partial charge in [-0.2, -0.15) is 0 Å². The van der Waals surface area contributed by atoms with Gasteiger partial charge in [0.15, 0.2) is 5.82 Å². The quantitative estimate of drug-likeness (QED) is 0.863. The van der Waals surface area contributed by atoms with Crippen molar-refractivity contribution in [1.29, 1.82) is 0 Å². The first kappa shape index (κ1) is 16.2. The van der Waals surface area contributed by atoms with E-state index in [1.807, 2.05) is 35.0 Å². The molecular weight excluding hydrogens is 316 g/mol. The van der Waals surface area contributed by atoms with Crippen molar-refractivity contribution in [3.05, 3.63) is 41.7 Å². The van der Waals surface area contributed by atoms with Gasteiger partial charge in [0, 0.05) is 12.5 Å². The molecule has 0 spiro atoms. The third-order valence-corrected chi connectivity index (χ3v) is 5.09. The van der Waals surface area contributed by atoms with Crippen molar-refractivity contribution in [3.8, 4) is 0 Å². The van der Waals surface area contributed by atoms with Gasteiger partial charge in [-0.25, -0.2) is 4.68 Å². The van der Waals surface area contributed by atoms with Crippen molar-refractivity contribution in [3.63, 3.8) is 0 Å². The number of nitrogens with one attached hydrogen (secondary N) is 1. The molecule has 0 bridgehead atoms. The number of likely N-dealkylation sites (tertiary alicyclic amines) is 1. The van der Waals surface area contributed by atoms with Gasteiger partial charge in [-0.3, -0.25) is 9.69 Å². The van der Waals surface area contributed by atoms with Gasteiger partial charge in [0.1, 0.15) is 0 Å². The molecule has 1 amide bonds. The number of tetrazole rings is 1. The Balaban J connectivity index is 1.23. The van der Waals surface area contributed by atoms with Gasteiger partial charge < -0.3 is 5.32 Å². The fourth-order valence-electron chi connectivity index (χ4n) is 3.40. The number of carbonyl (C=O) groups is 1. The highest BCUT2D eigenvalue weighted by Gasteiger charge is 2.30. The number of rotatable bonds is 6. The lowest BCUT2D eigenvalue weighted by Crippen LogP contribution is -2.40. The van der Waals surface area contributed by atoms with E-state index in [4.69, 9.17) is 0 Å². The molecule has 7 nitrogen and oxygen atoms in total. The van der Waals surface area contributed by atoms with Crippen LogP contribution < -0.4 is 5.32 Å². The number of nitrogens with zero attached hydrogens (tertiary/aromatic N) is 5. The molecule has 25 heavy (non-hydrogen) atoms. The average molecular weight is 340 g/mol. The Morgan fingerprint density at radius 3 is 2.60 bits per heavy atom. The van der Waals surface area contributed by atoms with Gasteiger partial charge in [-0.15, -0.1) is 5.10 Å². The molecule has 1 aromatic carbocycles. The number of piperidine rings is 1. The van der Waals surface area contributed by atoms with Crippen molar-refractivity contribution in [2.24, 2.45) is 5.92 Å². The first-order valence-electron chi connectivity index (χ1n) is 9.10. The molecule has 2 heterocycles. The van der Waals surface area contributed by atoms with E-state index in [-0.39, 0.29) is 11.8 Å². The summed E-state index contributed by atoms with van der Waals surface area (Å²) in [7, 11) is 0. The summed E-state index contributed by atoms with van der Waals surface area (Å²) in [5.74, 6) is 1.24. The molecule has 7 heteroatoms. The van der Waals surface area contributed by atoms with E-state index in [0.717, 1.165) is 43.9 Å². The minimum Gasteiger partial charge on any atom is -0.352 e. The molecule has 1 aromatic heterocycles. The second-order valence-electron chi connectivity index (χ2n) is 7.02. The predicted octanol–water partition coefficient (Wildman–Crippen LogP) is 1.54. The normalized spacial score (nSPS) is 19.0. The maximum absolute atomic E-state index is 12.4. The second-order valence-corrected chi connectivity index (χ2v) is 7.02. The Hall–Kier alpha value is -2.28. The molecule has 1 aliphatic carbocycles. The first-order chi connectivity index (χ1) is 12.3. The fourth-order valence-corrected chi connectivity index (χ4v) is 3.40. The van der Waals surface area contributed by atoms with Crippen molar-refractivity contribution >= 4 is 5.91 Å². The van der Waals surface area contributed by atoms with Gasteiger partial charge in [0.25, 0.3) is 0 Å². The Labute approximate surface area is 147 Å². The second kappa shape index (κ2) is 7.31. The number of hydrogen-bond donors (Lipinski definition) is 1. The maximum Gasteiger partial charge on any atom is 0.223 e. The van der Waals surface area contributed by atoms with Crippen LogP contribution in [-0.2, 0) is 17.9 Å². The fraction of sp³-hybridized carbons (Fsp3) is 0.556. The first-order valence-corrected chi connectivity index (χ1v) is 9.10. The van der Waals surface area contributed by atoms with Crippen LogP contribution in [0, 0.1) is 5.92 Å². The average Bonchev–Trinajstić information content (AvgIpc) is 3.40. The van der Waals surface area contributed by atoms with Crippen molar-refractivity contribution in [2.75, 3.05) is 13.1 Å². The van der Waals surface area contributed by atoms with E-state index in [1.54, 1.807) is 0 Å². The van der Waals surface area contributed by atoms with Crippen LogP contribution in [0.15, 0.2) is 30.3 Å². The number of carbonyl (C=O) groups excluding carboxylic acids is 1. The highest BCUT2D eigenvalue weighted by molar-refractivity contribution is 5.78. The molecule has 0 radical (unpaired) electrons. The number of hydrogen-bond acceptors (Lipinski definition) is 5. The van der Waals surface area contributed by atoms with Gasteiger partial charge in [0.2, 0.25) is 5.91 Å². The van der Waals surface area contributed by atoms with Crippen LogP contribution in [0.25, 0.3) is 0 Å². The molecule has 0 unspecified atom stereocenters. The number of amides is 1. The molecular formula is C18H24N6O. The Kier molecular flexibility index (Phi) is 4.74. The third kappa shape index (κ3) is 4.04. The summed E-state index contributed by atoms with van der Waals surface area (Å²) < 4.78 is 1.97. The third-order valence-electron chi connectivity index (χ3n) is 5.09. The van der Waals surface area contributed by atoms with Crippen LogP contribution in [0.5, 0.6) is 0 Å². The summed E-state index contributed by atoms with van der Waals surface area (Å²) in [4.78, 5) is 14.7. The van der Waals surface area contributed by atoms with Gasteiger partial charge in [0.05, 0.1) is 12.6 Å². The monoisotopic (exact) mass is 340 g/mol. The molecule has 132 valence electrons. The van der Waals surface area contributed by atoms with Crippen molar-refractivity contribution in [1.82, 2.24) is 30.4 Å². The summed E-state index contributed by atoms with van der Waals surface area (Å²) in [6, 6.07) is 10.6. The molecule has 1 N–H and O–H groups in total. The molecule has 2 aromatic rings. The van der Waals surface area contributed by atoms with Gasteiger partial charge >= 0.3 is 0 Å². The highest BCUT2D eigenvalue weighted by atomic mass is 16.1. The molecule has 1 saturated carbocycles. The van der Waals surface area contributed by atoms with E-state index in [0.29, 0.717) is 12.6 Å². The molecule has 2 fully saturated rings. The summed E-state index contributed by atoms with van der Waals surface area (Å²) >= 11 is 0. The lowest BCUT2D eigenvalue weighted by Gasteiger charge is -2.30. The summed E-state index contributed by atoms with van der Waals surface area (Å²) in [5.41, 5.74) is 1.14. The van der Waals surface area contributed by atoms with Gasteiger partial charge in [-0.1, -0.05) is 30.3 Å². The Bertz CT molecular complexity index is 703. The molecule has 1 saturated heterocycles. The van der Waals surface area contributed by atoms with E-state index in [9.17, 15) is 4.79 Å². The summed E-state index contributed by atoms with van der Waals surface area (Å²) in [5, 5.41) is 15.2. The van der Waals surface area contributed by atoms with Crippen LogP contribution in [0.4, 0.5) is 0 Å². The lowest BCUT2D eigenvalue weighted by atomic mass is 9.96. The summed E-state index contributed by atoms with van der Waals surface area (Å²) in [6.07, 6.45) is 4.15. The number of benzene rings is 1. The zero-order valence-electron chi connectivity index (χ0n) is 14.3. The zero-order valence-corrected chi connectivity index (χ0v) is 14.3. The van der Waals surface area contributed by atoms with E-state index in [2.05, 4.69) is 25.7 Å². The van der Waals surface area contributed by atoms with Crippen molar-refractivity contribution in [2.45, 2.75) is 44.8 Å². The predicted molar refractivity (Wildman–Crippen MR) is 92.4 cm³/mol. The van der Waals surface area contributed by atoms with Crippen LogP contribution in [0.1, 0.15) is 43.1 Å². The van der Waals surface area contributed by atoms with Crippen LogP contribution in [-0.4, -0.2) is 44.1 Å². The minimum atomic E-state index is 0.111. The molecule has 4 rings (SSSR count). The topological polar surface area (TPSA) is 75.9 Å². The highest BCUT2D eigenvalue weighted by Crippen LogP contribution is 2.34. The standard InChI is InChI=1S/C18H24N6O/c25-18(19-12-14-4-2-1-3-5-14)15-8-10-23(11-9-15)13-17-20-21-22-24(17)16-6-7-16/h1-5,15-16H,6-13H2,(H,19,25). The smallest absolute Gasteiger partial charge is 0.223 e. The SMILES string of the molecule is O=C(NCc1ccccc1)C1CCN(Cc2nnnn2C2CC2)CC1. The largest absolute Gasteiger partial charge is 0.352 e. The van der Waals surface area contributed by atoms with E-state index in [1.165, 1.54) is 12.8 Å². The van der Waals surface area contributed by atoms with E-state index >= 15 is 0 Å². The molecule has 1 aliphatic heterocycles. The maximum atomic E-state index is 12.4. The summed E-state index contributed by atoms with van der Waals surface area (Å²) in [6.45, 7) is 3.22. The minimum absolute atomic E-state index is 0.111. The number of aromatic nitrogens is 4. The molecule has 0 atom stereocenters. The van der Waals surface area contributed by atoms with Gasteiger partial charge in [-0.05, 0) is 54.8 Å². The van der Waals surface area contributed by atoms with Crippen LogP contribution in [0.3, 0.4) is 0 Å². The Morgan fingerprint density at radius 1 is 1.12 bits per heavy atom. The van der Waals surface area contributed by atoms with Crippen molar-refractivity contribution < 1.29 is 4.79 Å². The lowest BCUT2D eigenvalue weighted by molar-refractivity contribution is -0.126. The van der Waals surface area contributed by atoms with E-state index < -0.39 is 0 Å². The Morgan fingerprint density at radius 2 is 1.88 bits per heavy atom. The van der Waals surface area contributed by atoms with Crippen LogP contribution >= 0.6 is 0 Å².